The quantitative estimate of drug-likeness (QED) is 0.0154. The number of para-hydroxylation sites is 2. The van der Waals surface area contributed by atoms with E-state index in [1.165, 1.54) is 41.7 Å². The van der Waals surface area contributed by atoms with Gasteiger partial charge < -0.3 is 84.5 Å². The van der Waals surface area contributed by atoms with Crippen molar-refractivity contribution in [2.75, 3.05) is 26.2 Å². The number of aryl methyl sites for hydroxylation is 1. The Morgan fingerprint density at radius 2 is 1.14 bits per heavy atom. The number of hydrogen-bond acceptors (Lipinski definition) is 14. The van der Waals surface area contributed by atoms with Crippen molar-refractivity contribution in [1.82, 2.24) is 62.1 Å². The zero-order valence-electron chi connectivity index (χ0n) is 55.4. The van der Waals surface area contributed by atoms with E-state index in [1.807, 2.05) is 98.8 Å². The average Bonchev–Trinajstić information content (AvgIpc) is 1.74. The molecule has 99 heavy (non-hydrogen) atoms. The smallest absolute Gasteiger partial charge is 0.245 e. The number of benzene rings is 5. The summed E-state index contributed by atoms with van der Waals surface area (Å²) in [5.74, 6) is -6.77. The zero-order valence-corrected chi connectivity index (χ0v) is 55.4. The summed E-state index contributed by atoms with van der Waals surface area (Å²) < 4.78 is 0. The van der Waals surface area contributed by atoms with Crippen LogP contribution in [0.15, 0.2) is 145 Å². The minimum atomic E-state index is -1.77. The lowest BCUT2D eigenvalue weighted by Gasteiger charge is -2.30. The third kappa shape index (κ3) is 20.1. The Bertz CT molecular complexity index is 4150. The van der Waals surface area contributed by atoms with Gasteiger partial charge in [0.2, 0.25) is 47.3 Å². The van der Waals surface area contributed by atoms with Gasteiger partial charge >= 0.3 is 0 Å². The first-order valence-corrected chi connectivity index (χ1v) is 33.4. The van der Waals surface area contributed by atoms with E-state index in [2.05, 4.69) is 62.1 Å². The van der Waals surface area contributed by atoms with E-state index in [9.17, 15) is 43.8 Å². The number of hydrogen-bond donors (Lipinski definition) is 15. The molecule has 0 aliphatic carbocycles. The fraction of sp³-hybridized carbons (Fsp3) is 0.375. The summed E-state index contributed by atoms with van der Waals surface area (Å²) in [5, 5.41) is 44.2. The monoisotopic (exact) mass is 1350 g/mol. The molecule has 1 aliphatic heterocycles. The normalized spacial score (nSPS) is 15.0. The number of aromatic nitrogens is 4. The van der Waals surface area contributed by atoms with Crippen LogP contribution in [0.3, 0.4) is 0 Å². The number of phenolic OH excluding ortho intramolecular Hbond substituents is 1. The first-order chi connectivity index (χ1) is 47.7. The molecule has 0 unspecified atom stereocenters. The summed E-state index contributed by atoms with van der Waals surface area (Å²) in [5.41, 5.74) is 21.4. The van der Waals surface area contributed by atoms with E-state index < -0.39 is 102 Å². The van der Waals surface area contributed by atoms with Gasteiger partial charge in [0.25, 0.3) is 0 Å². The van der Waals surface area contributed by atoms with Crippen LogP contribution in [0.25, 0.3) is 32.6 Å². The Morgan fingerprint density at radius 1 is 0.606 bits per heavy atom. The molecule has 522 valence electrons. The summed E-state index contributed by atoms with van der Waals surface area (Å²) in [7, 11) is 0. The number of aliphatic hydroxyl groups excluding tert-OH is 1. The summed E-state index contributed by atoms with van der Waals surface area (Å²) in [4.78, 5) is 150. The Balaban J connectivity index is 0.958. The first-order valence-electron chi connectivity index (χ1n) is 33.4. The summed E-state index contributed by atoms with van der Waals surface area (Å²) in [6.45, 7) is 3.16. The number of aliphatic hydroxyl groups is 1. The number of nitrogens with zero attached hydrogens (tertiary/aromatic N) is 3. The molecule has 0 radical (unpaired) electrons. The van der Waals surface area contributed by atoms with Crippen LogP contribution < -0.4 is 54.4 Å². The number of aliphatic imine (C=N–C) groups is 1. The van der Waals surface area contributed by atoms with Crippen LogP contribution in [0.2, 0.25) is 0 Å². The lowest BCUT2D eigenvalue weighted by atomic mass is 9.99. The highest BCUT2D eigenvalue weighted by Gasteiger charge is 2.39. The number of aromatic hydroxyl groups is 1. The number of amides is 8. The highest BCUT2D eigenvalue weighted by Crippen LogP contribution is 2.25. The van der Waals surface area contributed by atoms with Gasteiger partial charge in [-0.15, -0.1) is 0 Å². The van der Waals surface area contributed by atoms with Crippen LogP contribution >= 0.6 is 0 Å². The Labute approximate surface area is 572 Å². The first kappa shape index (κ1) is 72.3. The van der Waals surface area contributed by atoms with E-state index >= 15 is 9.59 Å². The molecule has 5 aromatic carbocycles. The molecule has 27 nitrogen and oxygen atoms in total. The third-order valence-electron chi connectivity index (χ3n) is 17.6. The number of phenols is 1. The van der Waals surface area contributed by atoms with E-state index in [4.69, 9.17) is 17.2 Å². The highest BCUT2D eigenvalue weighted by atomic mass is 16.3. The number of Topliss-reactive ketones (excluding diaryl/α,β-unsaturated/α-hetero) is 1. The van der Waals surface area contributed by atoms with Crippen molar-refractivity contribution in [1.29, 1.82) is 0 Å². The third-order valence-corrected chi connectivity index (χ3v) is 17.6. The van der Waals surface area contributed by atoms with Crippen molar-refractivity contribution in [3.8, 4) is 5.75 Å². The number of likely N-dealkylation sites (tertiary alicyclic amines) is 1. The number of H-pyrrole nitrogens is 3. The van der Waals surface area contributed by atoms with Gasteiger partial charge in [0, 0.05) is 97.7 Å². The van der Waals surface area contributed by atoms with E-state index in [0.717, 1.165) is 32.8 Å². The van der Waals surface area contributed by atoms with Crippen LogP contribution in [0.1, 0.15) is 86.7 Å². The molecule has 0 spiro atoms. The van der Waals surface area contributed by atoms with Gasteiger partial charge in [0.1, 0.15) is 48.0 Å². The minimum absolute atomic E-state index is 0.0247. The van der Waals surface area contributed by atoms with Crippen molar-refractivity contribution in [3.63, 3.8) is 0 Å². The molecule has 0 bridgehead atoms. The van der Waals surface area contributed by atoms with Gasteiger partial charge in [-0.2, -0.15) is 0 Å². The molecule has 3 aromatic heterocycles. The van der Waals surface area contributed by atoms with Crippen molar-refractivity contribution >= 4 is 91.6 Å². The Morgan fingerprint density at radius 3 is 1.73 bits per heavy atom. The SMILES string of the molecule is CC(C)C[C@H](NC(=O)[C@@H](Cc1c[nH]c2ccccc12)NC(=O)[C@H](Cc1ccc(O)cc1)NC(=O)[C@H](CO)NC(=O)[C@H](Cc1c[nH]c2ccccc12)NC(=O)[C@H](Cc1cnc[nH]1)NC(=O)CCc1ccc2ccccc2c1)C(=O)N[C@@H](CCCN=C(N)N)C(=O)N1CCC[C@H]1C(=O)CCN. The molecule has 1 aliphatic rings. The lowest BCUT2D eigenvalue weighted by Crippen LogP contribution is -2.61. The van der Waals surface area contributed by atoms with Gasteiger partial charge in [-0.05, 0) is 108 Å². The zero-order chi connectivity index (χ0) is 70.5. The van der Waals surface area contributed by atoms with Crippen LogP contribution in [0.4, 0.5) is 0 Å². The standard InChI is InChI=1S/C72H88N16O11/c1-42(2)31-56(65(93)82-55(17-9-29-77-72(74)75)71(99)88-30-10-18-62(88)63(91)27-28-73)83-67(95)58(34-47-37-78-53-15-7-5-13-51(47)53)85-66(94)57(33-44-20-24-50(90)25-21-44)84-70(98)61(40-89)87-68(96)59(35-48-38-79-54-16-8-6-14-52(48)54)86-69(97)60(36-49-39-76-41-80-49)81-64(92)26-22-43-19-23-45-11-3-4-12-46(45)32-43/h3-8,11-16,19-21,23-25,32,37-39,41-42,55-62,78-79,89-90H,9-10,17-18,22,26-31,33-36,40,73H2,1-2H3,(H,76,80)(H,81,92)(H,82,93)(H,83,95)(H,84,98)(H,85,94)(H,86,97)(H,87,96)(H4,74,75,77)/t55-,56-,57-,58+,59-,60-,61-,62-/m0/s1. The fourth-order valence-corrected chi connectivity index (χ4v) is 12.4. The molecule has 18 N–H and O–H groups in total. The molecule has 27 heteroatoms. The topological polar surface area (TPSA) is 432 Å². The molecule has 8 amide bonds. The van der Waals surface area contributed by atoms with E-state index in [-0.39, 0.29) is 101 Å². The number of fused-ring (bicyclic) bond motifs is 3. The maximum atomic E-state index is 15.2. The second kappa shape index (κ2) is 34.8. The molecule has 8 aromatic rings. The number of imidazole rings is 1. The molecule has 9 rings (SSSR count). The summed E-state index contributed by atoms with van der Waals surface area (Å²) in [6, 6.07) is 23.5. The summed E-state index contributed by atoms with van der Waals surface area (Å²) >= 11 is 0. The van der Waals surface area contributed by atoms with E-state index in [0.29, 0.717) is 47.0 Å². The van der Waals surface area contributed by atoms with Crippen LogP contribution in [0, 0.1) is 5.92 Å². The van der Waals surface area contributed by atoms with Gasteiger partial charge in [-0.25, -0.2) is 4.98 Å². The number of carbonyl (C=O) groups is 9. The molecule has 0 saturated carbocycles. The second-order valence-corrected chi connectivity index (χ2v) is 25.4. The van der Waals surface area contributed by atoms with Crippen molar-refractivity contribution in [3.05, 3.63) is 168 Å². The van der Waals surface area contributed by atoms with Crippen molar-refractivity contribution < 1.29 is 53.4 Å². The highest BCUT2D eigenvalue weighted by molar-refractivity contribution is 5.99. The maximum Gasteiger partial charge on any atom is 0.245 e. The number of carbonyl (C=O) groups excluding carboxylic acids is 9. The van der Waals surface area contributed by atoms with Crippen LogP contribution in [0.5, 0.6) is 5.75 Å². The Hall–Kier alpha value is -10.9. The number of nitrogens with two attached hydrogens (primary N) is 3. The molecule has 1 saturated heterocycles. The van der Waals surface area contributed by atoms with Crippen molar-refractivity contribution in [2.45, 2.75) is 139 Å². The summed E-state index contributed by atoms with van der Waals surface area (Å²) in [6.07, 6.45) is 7.50. The number of guanidine groups is 1. The largest absolute Gasteiger partial charge is 0.508 e. The maximum absolute atomic E-state index is 15.2. The van der Waals surface area contributed by atoms with Gasteiger partial charge in [-0.3, -0.25) is 48.1 Å². The number of nitrogens with one attached hydrogen (secondary N) is 10. The van der Waals surface area contributed by atoms with Crippen molar-refractivity contribution in [2.24, 2.45) is 28.1 Å². The van der Waals surface area contributed by atoms with E-state index in [1.54, 1.807) is 18.5 Å². The minimum Gasteiger partial charge on any atom is -0.508 e. The fourth-order valence-electron chi connectivity index (χ4n) is 12.4. The van der Waals surface area contributed by atoms with Gasteiger partial charge in [0.05, 0.1) is 19.0 Å². The van der Waals surface area contributed by atoms with Gasteiger partial charge in [-0.1, -0.05) is 105 Å². The predicted octanol–water partition coefficient (Wildman–Crippen LogP) is 2.53. The number of ketones is 1. The van der Waals surface area contributed by atoms with Crippen LogP contribution in [-0.4, -0.2) is 169 Å². The van der Waals surface area contributed by atoms with Gasteiger partial charge in [0.15, 0.2) is 11.7 Å². The average molecular weight is 1350 g/mol. The molecular weight excluding hydrogens is 1260 g/mol. The Kier molecular flexibility index (Phi) is 25.5. The molecule has 1 fully saturated rings. The molecule has 8 atom stereocenters. The predicted molar refractivity (Wildman–Crippen MR) is 374 cm³/mol. The number of aromatic amines is 3. The number of rotatable bonds is 35. The second-order valence-electron chi connectivity index (χ2n) is 25.4. The molecule has 4 heterocycles. The lowest BCUT2D eigenvalue weighted by molar-refractivity contribution is -0.141. The molecular formula is C72H88N16O11. The van der Waals surface area contributed by atoms with Crippen LogP contribution in [-0.2, 0) is 75.3 Å².